The predicted octanol–water partition coefficient (Wildman–Crippen LogP) is 2.39. The van der Waals surface area contributed by atoms with Crippen molar-refractivity contribution in [2.24, 2.45) is 7.05 Å². The molecule has 3 aromatic rings. The normalized spacial score (nSPS) is 13.2. The van der Waals surface area contributed by atoms with Crippen molar-refractivity contribution < 1.29 is 18.0 Å². The molecule has 0 aliphatic heterocycles. The van der Waals surface area contributed by atoms with Gasteiger partial charge in [-0.2, -0.15) is 5.26 Å². The number of fused-ring (bicyclic) bond motifs is 1. The number of halogens is 2. The molecule has 0 saturated carbocycles. The summed E-state index contributed by atoms with van der Waals surface area (Å²) in [4.78, 5) is 25.1. The number of hydrogen-bond acceptors (Lipinski definition) is 5. The number of rotatable bonds is 7. The van der Waals surface area contributed by atoms with E-state index in [2.05, 4.69) is 5.32 Å². The number of aryl methyl sites for hydroxylation is 1. The van der Waals surface area contributed by atoms with Gasteiger partial charge in [0.1, 0.15) is 11.9 Å². The van der Waals surface area contributed by atoms with Crippen molar-refractivity contribution in [2.45, 2.75) is 18.6 Å². The summed E-state index contributed by atoms with van der Waals surface area (Å²) in [5.41, 5.74) is 2.49. The van der Waals surface area contributed by atoms with Gasteiger partial charge < -0.3 is 14.6 Å². The van der Waals surface area contributed by atoms with E-state index >= 15 is 0 Å². The maximum Gasteiger partial charge on any atom is 0.419 e. The number of carbonyl (C=O) groups excluding carboxylic acids is 1. The second-order valence-corrected chi connectivity index (χ2v) is 7.54. The molecular formula is C22H22F2N4O3. The van der Waals surface area contributed by atoms with E-state index in [1.807, 2.05) is 6.07 Å². The average Bonchev–Trinajstić information content (AvgIpc) is 3.01. The first-order chi connectivity index (χ1) is 14.7. The first-order valence-corrected chi connectivity index (χ1v) is 9.56. The lowest BCUT2D eigenvalue weighted by molar-refractivity contribution is -0.126. The molecule has 1 N–H and O–H groups in total. The lowest BCUT2D eigenvalue weighted by atomic mass is 10.00. The van der Waals surface area contributed by atoms with Crippen LogP contribution in [0.25, 0.3) is 22.2 Å². The number of amides is 1. The van der Waals surface area contributed by atoms with Crippen LogP contribution in [0.4, 0.5) is 8.78 Å². The molecule has 2 atom stereocenters. The molecule has 1 aromatic heterocycles. The Hall–Kier alpha value is -3.51. The van der Waals surface area contributed by atoms with E-state index in [0.717, 1.165) is 0 Å². The van der Waals surface area contributed by atoms with Crippen molar-refractivity contribution in [3.05, 3.63) is 58.3 Å². The van der Waals surface area contributed by atoms with E-state index in [0.29, 0.717) is 22.2 Å². The van der Waals surface area contributed by atoms with Crippen molar-refractivity contribution in [2.75, 3.05) is 20.6 Å². The number of nitrogens with one attached hydrogen (secondary N) is 1. The number of carbonyl (C=O) groups is 1. The lowest BCUT2D eigenvalue weighted by Gasteiger charge is -2.17. The highest BCUT2D eigenvalue weighted by Crippen LogP contribution is 2.26. The van der Waals surface area contributed by atoms with Crippen molar-refractivity contribution in [3.8, 4) is 17.2 Å². The van der Waals surface area contributed by atoms with Gasteiger partial charge in [-0.05, 0) is 49.0 Å². The summed E-state index contributed by atoms with van der Waals surface area (Å²) in [6, 6.07) is 10.4. The molecule has 0 unspecified atom stereocenters. The Morgan fingerprint density at radius 1 is 1.26 bits per heavy atom. The summed E-state index contributed by atoms with van der Waals surface area (Å²) in [5, 5.41) is 11.6. The van der Waals surface area contributed by atoms with Crippen LogP contribution in [0, 0.1) is 17.1 Å². The fourth-order valence-electron chi connectivity index (χ4n) is 3.21. The van der Waals surface area contributed by atoms with Crippen LogP contribution in [0.1, 0.15) is 5.56 Å². The zero-order valence-electron chi connectivity index (χ0n) is 17.4. The molecule has 0 bridgehead atoms. The third-order valence-corrected chi connectivity index (χ3v) is 4.88. The van der Waals surface area contributed by atoms with E-state index in [9.17, 15) is 23.6 Å². The highest BCUT2D eigenvalue weighted by atomic mass is 19.1. The highest BCUT2D eigenvalue weighted by molar-refractivity contribution is 5.82. The second kappa shape index (κ2) is 9.10. The Balaban J connectivity index is 1.77. The number of nitrogens with zero attached hydrogens (tertiary/aromatic N) is 3. The van der Waals surface area contributed by atoms with Gasteiger partial charge in [-0.25, -0.2) is 13.6 Å². The third-order valence-electron chi connectivity index (χ3n) is 4.88. The summed E-state index contributed by atoms with van der Waals surface area (Å²) >= 11 is 0. The third kappa shape index (κ3) is 4.98. The molecule has 0 radical (unpaired) electrons. The maximum absolute atomic E-state index is 14.7. The molecule has 7 nitrogen and oxygen atoms in total. The molecule has 162 valence electrons. The van der Waals surface area contributed by atoms with Gasteiger partial charge in [-0.15, -0.1) is 0 Å². The van der Waals surface area contributed by atoms with Crippen LogP contribution in [-0.2, 0) is 18.3 Å². The molecule has 9 heteroatoms. The quantitative estimate of drug-likeness (QED) is 0.624. The largest absolute Gasteiger partial charge is 0.419 e. The first-order valence-electron chi connectivity index (χ1n) is 9.56. The topological polar surface area (TPSA) is 91.3 Å². The molecule has 31 heavy (non-hydrogen) atoms. The molecule has 0 fully saturated rings. The van der Waals surface area contributed by atoms with Crippen LogP contribution in [-0.4, -0.2) is 48.2 Å². The molecule has 0 saturated heterocycles. The maximum atomic E-state index is 14.7. The Morgan fingerprint density at radius 2 is 1.94 bits per heavy atom. The van der Waals surface area contributed by atoms with E-state index in [1.165, 1.54) is 21.6 Å². The van der Waals surface area contributed by atoms with Gasteiger partial charge in [-0.1, -0.05) is 18.2 Å². The number of benzene rings is 2. The minimum atomic E-state index is -1.79. The number of oxazole rings is 1. The molecule has 0 aliphatic carbocycles. The van der Waals surface area contributed by atoms with E-state index < -0.39 is 29.7 Å². The van der Waals surface area contributed by atoms with Crippen LogP contribution < -0.4 is 11.1 Å². The summed E-state index contributed by atoms with van der Waals surface area (Å²) in [5.74, 6) is -1.95. The van der Waals surface area contributed by atoms with Crippen molar-refractivity contribution in [3.63, 3.8) is 0 Å². The van der Waals surface area contributed by atoms with Crippen LogP contribution >= 0.6 is 0 Å². The molecule has 1 amide bonds. The van der Waals surface area contributed by atoms with E-state index in [4.69, 9.17) is 4.42 Å². The predicted molar refractivity (Wildman–Crippen MR) is 112 cm³/mol. The summed E-state index contributed by atoms with van der Waals surface area (Å²) in [6.45, 7) is -0.111. The summed E-state index contributed by atoms with van der Waals surface area (Å²) < 4.78 is 35.1. The smallest absolute Gasteiger partial charge is 0.408 e. The van der Waals surface area contributed by atoms with Crippen molar-refractivity contribution in [1.29, 1.82) is 5.26 Å². The molecular weight excluding hydrogens is 406 g/mol. The SMILES string of the molecule is CN(C)C[C@H](F)C(=O)N[C@H](C#N)Cc1ccc(-c2ccc3oc(=O)n(C)c3c2)cc1F. The zero-order valence-corrected chi connectivity index (χ0v) is 17.4. The van der Waals surface area contributed by atoms with Gasteiger partial charge in [-0.3, -0.25) is 9.36 Å². The monoisotopic (exact) mass is 428 g/mol. The summed E-state index contributed by atoms with van der Waals surface area (Å²) in [7, 11) is 4.84. The molecule has 0 spiro atoms. The molecule has 1 heterocycles. The van der Waals surface area contributed by atoms with Crippen molar-refractivity contribution >= 4 is 17.0 Å². The number of aromatic nitrogens is 1. The van der Waals surface area contributed by atoms with Crippen LogP contribution in [0.3, 0.4) is 0 Å². The van der Waals surface area contributed by atoms with Gasteiger partial charge in [0, 0.05) is 20.0 Å². The molecule has 2 aromatic carbocycles. The Kier molecular flexibility index (Phi) is 6.51. The Morgan fingerprint density at radius 3 is 2.58 bits per heavy atom. The Labute approximate surface area is 177 Å². The second-order valence-electron chi connectivity index (χ2n) is 7.54. The fourth-order valence-corrected chi connectivity index (χ4v) is 3.21. The Bertz CT molecular complexity index is 1210. The minimum Gasteiger partial charge on any atom is -0.408 e. The number of hydrogen-bond donors (Lipinski definition) is 1. The molecule has 0 aliphatic rings. The number of alkyl halides is 1. The minimum absolute atomic E-state index is 0.0989. The standard InChI is InChI=1S/C22H22F2N4O3/c1-27(2)12-18(24)21(29)26-16(11-25)8-15-5-4-13(9-17(15)23)14-6-7-20-19(10-14)28(3)22(30)31-20/h4-7,9-10,16,18H,8,12H2,1-3H3,(H,26,29)/t16-,18-/m0/s1. The van der Waals surface area contributed by atoms with Crippen LogP contribution in [0.15, 0.2) is 45.6 Å². The van der Waals surface area contributed by atoms with Crippen molar-refractivity contribution in [1.82, 2.24) is 14.8 Å². The van der Waals surface area contributed by atoms with Gasteiger partial charge in [0.15, 0.2) is 11.8 Å². The van der Waals surface area contributed by atoms with Gasteiger partial charge in [0.25, 0.3) is 5.91 Å². The van der Waals surface area contributed by atoms with Gasteiger partial charge in [0.2, 0.25) is 0 Å². The summed E-state index contributed by atoms with van der Waals surface area (Å²) in [6.07, 6.45) is -1.88. The average molecular weight is 428 g/mol. The van der Waals surface area contributed by atoms with Crippen LogP contribution in [0.5, 0.6) is 0 Å². The zero-order chi connectivity index (χ0) is 22.7. The highest BCUT2D eigenvalue weighted by Gasteiger charge is 2.22. The molecule has 3 rings (SSSR count). The first kappa shape index (κ1) is 22.2. The van der Waals surface area contributed by atoms with Gasteiger partial charge in [0.05, 0.1) is 11.6 Å². The van der Waals surface area contributed by atoms with Gasteiger partial charge >= 0.3 is 5.76 Å². The van der Waals surface area contributed by atoms with E-state index in [1.54, 1.807) is 45.4 Å². The lowest BCUT2D eigenvalue weighted by Crippen LogP contribution is -2.43. The fraction of sp³-hybridized carbons (Fsp3) is 0.318. The van der Waals surface area contributed by atoms with E-state index in [-0.39, 0.29) is 18.5 Å². The number of nitriles is 1. The van der Waals surface area contributed by atoms with Crippen LogP contribution in [0.2, 0.25) is 0 Å².